The Morgan fingerprint density at radius 3 is 2.79 bits per heavy atom. The number of hydrogen-bond donors (Lipinski definition) is 2. The van der Waals surface area contributed by atoms with E-state index in [9.17, 15) is 14.9 Å². The summed E-state index contributed by atoms with van der Waals surface area (Å²) >= 11 is 4.61. The van der Waals surface area contributed by atoms with E-state index in [2.05, 4.69) is 32.6 Å². The lowest BCUT2D eigenvalue weighted by Gasteiger charge is -2.25. The van der Waals surface area contributed by atoms with E-state index in [-0.39, 0.29) is 29.9 Å². The van der Waals surface area contributed by atoms with Crippen molar-refractivity contribution in [1.29, 1.82) is 5.26 Å². The molecule has 1 atom stereocenters. The number of thioether (sulfide) groups is 1. The maximum Gasteiger partial charge on any atom is 0.234 e. The number of nitriles is 1. The van der Waals surface area contributed by atoms with Crippen molar-refractivity contribution in [1.82, 2.24) is 5.32 Å². The van der Waals surface area contributed by atoms with Crippen molar-refractivity contribution in [2.45, 2.75) is 26.2 Å². The number of carbonyl (C=O) groups is 2. The Kier molecular flexibility index (Phi) is 6.78. The normalized spacial score (nSPS) is 16.2. The lowest BCUT2D eigenvalue weighted by molar-refractivity contribution is -0.121. The molecule has 2 aromatic carbocycles. The summed E-state index contributed by atoms with van der Waals surface area (Å²) in [5, 5.41) is 15.8. The van der Waals surface area contributed by atoms with E-state index in [1.165, 1.54) is 11.8 Å². The van der Waals surface area contributed by atoms with Crippen LogP contribution in [0.1, 0.15) is 29.0 Å². The number of allylic oxidation sites excluding steroid dienone is 1. The predicted octanol–water partition coefficient (Wildman–Crippen LogP) is 4.78. The molecule has 1 aliphatic heterocycles. The SMILES string of the molecule is Cc1cccc(NC(=O)CSC2=C(C#N)[C@H](c3cccc(Br)c3)CC(=O)N2)c1C. The molecule has 0 fully saturated rings. The van der Waals surface area contributed by atoms with Crippen LogP contribution in [0, 0.1) is 25.2 Å². The van der Waals surface area contributed by atoms with Gasteiger partial charge in [-0.05, 0) is 48.7 Å². The minimum Gasteiger partial charge on any atom is -0.325 e. The number of nitrogens with zero attached hydrogens (tertiary/aromatic N) is 1. The van der Waals surface area contributed by atoms with Crippen LogP contribution < -0.4 is 10.6 Å². The number of benzene rings is 2. The van der Waals surface area contributed by atoms with Crippen molar-refractivity contribution in [3.8, 4) is 6.07 Å². The Balaban J connectivity index is 1.77. The quantitative estimate of drug-likeness (QED) is 0.659. The van der Waals surface area contributed by atoms with E-state index in [0.717, 1.165) is 26.9 Å². The molecule has 0 aromatic heterocycles. The third kappa shape index (κ3) is 5.08. The molecule has 3 rings (SSSR count). The average molecular weight is 470 g/mol. The van der Waals surface area contributed by atoms with Crippen molar-refractivity contribution < 1.29 is 9.59 Å². The van der Waals surface area contributed by atoms with E-state index in [1.807, 2.05) is 56.3 Å². The molecule has 0 aliphatic carbocycles. The summed E-state index contributed by atoms with van der Waals surface area (Å²) in [5.41, 5.74) is 4.26. The van der Waals surface area contributed by atoms with Crippen molar-refractivity contribution in [2.75, 3.05) is 11.1 Å². The van der Waals surface area contributed by atoms with E-state index < -0.39 is 0 Å². The molecule has 148 valence electrons. The summed E-state index contributed by atoms with van der Waals surface area (Å²) in [7, 11) is 0. The zero-order chi connectivity index (χ0) is 21.0. The lowest BCUT2D eigenvalue weighted by Crippen LogP contribution is -2.31. The fourth-order valence-electron chi connectivity index (χ4n) is 3.15. The largest absolute Gasteiger partial charge is 0.325 e. The number of anilines is 1. The molecule has 1 heterocycles. The summed E-state index contributed by atoms with van der Waals surface area (Å²) < 4.78 is 0.889. The first-order chi connectivity index (χ1) is 13.9. The van der Waals surface area contributed by atoms with E-state index in [1.54, 1.807) is 0 Å². The maximum absolute atomic E-state index is 12.4. The highest BCUT2D eigenvalue weighted by Crippen LogP contribution is 2.36. The van der Waals surface area contributed by atoms with Crippen molar-refractivity contribution >= 4 is 45.2 Å². The third-order valence-electron chi connectivity index (χ3n) is 4.83. The van der Waals surface area contributed by atoms with Gasteiger partial charge in [0, 0.05) is 22.5 Å². The molecule has 0 spiro atoms. The van der Waals surface area contributed by atoms with Crippen molar-refractivity contribution in [3.05, 3.63) is 74.2 Å². The van der Waals surface area contributed by atoms with Gasteiger partial charge >= 0.3 is 0 Å². The zero-order valence-corrected chi connectivity index (χ0v) is 18.5. The average Bonchev–Trinajstić information content (AvgIpc) is 2.69. The summed E-state index contributed by atoms with van der Waals surface area (Å²) in [5.74, 6) is -0.575. The monoisotopic (exact) mass is 469 g/mol. The number of hydrogen-bond acceptors (Lipinski definition) is 4. The van der Waals surface area contributed by atoms with Gasteiger partial charge in [0.1, 0.15) is 0 Å². The molecular formula is C22H20BrN3O2S. The van der Waals surface area contributed by atoms with Crippen LogP contribution in [0.3, 0.4) is 0 Å². The van der Waals surface area contributed by atoms with Gasteiger partial charge in [-0.1, -0.05) is 52.0 Å². The highest BCUT2D eigenvalue weighted by Gasteiger charge is 2.30. The molecule has 2 amide bonds. The summed E-state index contributed by atoms with van der Waals surface area (Å²) in [6.45, 7) is 3.95. The summed E-state index contributed by atoms with van der Waals surface area (Å²) in [4.78, 5) is 24.7. The Labute approximate surface area is 182 Å². The predicted molar refractivity (Wildman–Crippen MR) is 119 cm³/mol. The summed E-state index contributed by atoms with van der Waals surface area (Å²) in [6.07, 6.45) is 0.206. The summed E-state index contributed by atoms with van der Waals surface area (Å²) in [6, 6.07) is 15.6. The first-order valence-corrected chi connectivity index (χ1v) is 10.9. The molecular weight excluding hydrogens is 450 g/mol. The van der Waals surface area contributed by atoms with E-state index in [4.69, 9.17) is 0 Å². The van der Waals surface area contributed by atoms with Crippen LogP contribution >= 0.6 is 27.7 Å². The highest BCUT2D eigenvalue weighted by molar-refractivity contribution is 9.10. The van der Waals surface area contributed by atoms with Crippen LogP contribution in [-0.2, 0) is 9.59 Å². The van der Waals surface area contributed by atoms with Crippen molar-refractivity contribution in [3.63, 3.8) is 0 Å². The number of carbonyl (C=O) groups excluding carboxylic acids is 2. The smallest absolute Gasteiger partial charge is 0.234 e. The molecule has 0 saturated carbocycles. The van der Waals surface area contributed by atoms with Gasteiger partial charge in [0.15, 0.2) is 0 Å². The van der Waals surface area contributed by atoms with Crippen molar-refractivity contribution in [2.24, 2.45) is 0 Å². The topological polar surface area (TPSA) is 82.0 Å². The van der Waals surface area contributed by atoms with Gasteiger partial charge in [0.05, 0.1) is 22.4 Å². The maximum atomic E-state index is 12.4. The fraction of sp³-hybridized carbons (Fsp3) is 0.227. The Hall–Kier alpha value is -2.56. The molecule has 29 heavy (non-hydrogen) atoms. The Bertz CT molecular complexity index is 1040. The van der Waals surface area contributed by atoms with Gasteiger partial charge in [-0.25, -0.2) is 0 Å². The van der Waals surface area contributed by atoms with Crippen LogP contribution in [0.15, 0.2) is 57.5 Å². The number of amides is 2. The van der Waals surface area contributed by atoms with Crippen LogP contribution in [0.4, 0.5) is 5.69 Å². The second-order valence-corrected chi connectivity index (χ2v) is 8.70. The number of halogens is 1. The molecule has 0 unspecified atom stereocenters. The van der Waals surface area contributed by atoms with E-state index >= 15 is 0 Å². The van der Waals surface area contributed by atoms with Gasteiger partial charge < -0.3 is 10.6 Å². The third-order valence-corrected chi connectivity index (χ3v) is 6.34. The second-order valence-electron chi connectivity index (χ2n) is 6.80. The van der Waals surface area contributed by atoms with Gasteiger partial charge in [-0.3, -0.25) is 9.59 Å². The second kappa shape index (κ2) is 9.29. The van der Waals surface area contributed by atoms with Crippen LogP contribution in [0.25, 0.3) is 0 Å². The van der Waals surface area contributed by atoms with Gasteiger partial charge in [0.25, 0.3) is 0 Å². The standard InChI is InChI=1S/C22H20BrN3O2S/c1-13-5-3-8-19(14(13)2)25-21(28)12-29-22-18(11-24)17(10-20(27)26-22)15-6-4-7-16(23)9-15/h3-9,17H,10,12H2,1-2H3,(H,25,28)(H,26,27)/t17-/m0/s1. The minimum absolute atomic E-state index is 0.0966. The Morgan fingerprint density at radius 2 is 2.07 bits per heavy atom. The van der Waals surface area contributed by atoms with E-state index in [0.29, 0.717) is 10.6 Å². The molecule has 1 aliphatic rings. The minimum atomic E-state index is -0.323. The molecule has 0 bridgehead atoms. The van der Waals surface area contributed by atoms with Crippen LogP contribution in [-0.4, -0.2) is 17.6 Å². The first kappa shape index (κ1) is 21.2. The Morgan fingerprint density at radius 1 is 1.31 bits per heavy atom. The highest BCUT2D eigenvalue weighted by atomic mass is 79.9. The zero-order valence-electron chi connectivity index (χ0n) is 16.1. The number of nitrogens with one attached hydrogen (secondary N) is 2. The molecule has 2 N–H and O–H groups in total. The van der Waals surface area contributed by atoms with Gasteiger partial charge in [0.2, 0.25) is 11.8 Å². The van der Waals surface area contributed by atoms with Crippen LogP contribution in [0.5, 0.6) is 0 Å². The molecule has 2 aromatic rings. The first-order valence-electron chi connectivity index (χ1n) is 9.07. The molecule has 5 nitrogen and oxygen atoms in total. The molecule has 0 saturated heterocycles. The van der Waals surface area contributed by atoms with Crippen LogP contribution in [0.2, 0.25) is 0 Å². The number of aryl methyl sites for hydroxylation is 1. The van der Waals surface area contributed by atoms with Gasteiger partial charge in [-0.2, -0.15) is 5.26 Å². The molecule has 7 heteroatoms. The fourth-order valence-corrected chi connectivity index (χ4v) is 4.45. The lowest BCUT2D eigenvalue weighted by atomic mass is 9.87. The number of rotatable bonds is 5. The molecule has 0 radical (unpaired) electrons. The van der Waals surface area contributed by atoms with Gasteiger partial charge in [-0.15, -0.1) is 0 Å².